The Kier molecular flexibility index (Phi) is 8.56. The van der Waals surface area contributed by atoms with Gasteiger partial charge in [-0.15, -0.1) is 12.4 Å². The SMILES string of the molecule is CC(=O)Nc1ccc(C(F)(F)F)cc1NC(=O)CC(C)C1CCNCC1.Cl. The van der Waals surface area contributed by atoms with Crippen LogP contribution in [0.4, 0.5) is 24.5 Å². The second-order valence-corrected chi connectivity index (χ2v) is 6.76. The maximum absolute atomic E-state index is 12.9. The van der Waals surface area contributed by atoms with E-state index in [1.807, 2.05) is 6.92 Å². The first-order valence-electron chi connectivity index (χ1n) is 8.66. The van der Waals surface area contributed by atoms with Crippen LogP contribution < -0.4 is 16.0 Å². The minimum atomic E-state index is -4.53. The fraction of sp³-hybridized carbons (Fsp3) is 0.556. The summed E-state index contributed by atoms with van der Waals surface area (Å²) in [5.41, 5.74) is -0.779. The van der Waals surface area contributed by atoms with Gasteiger partial charge in [-0.1, -0.05) is 6.92 Å². The average molecular weight is 408 g/mol. The van der Waals surface area contributed by atoms with Gasteiger partial charge in [-0.3, -0.25) is 9.59 Å². The van der Waals surface area contributed by atoms with Crippen molar-refractivity contribution in [3.63, 3.8) is 0 Å². The van der Waals surface area contributed by atoms with E-state index < -0.39 is 17.6 Å². The first kappa shape index (κ1) is 23.2. The number of carbonyl (C=O) groups is 2. The van der Waals surface area contributed by atoms with Crippen LogP contribution in [0.1, 0.15) is 38.7 Å². The van der Waals surface area contributed by atoms with Gasteiger partial charge in [-0.25, -0.2) is 0 Å². The van der Waals surface area contributed by atoms with Crippen molar-refractivity contribution in [3.05, 3.63) is 23.8 Å². The molecule has 1 aliphatic rings. The number of hydrogen-bond donors (Lipinski definition) is 3. The van der Waals surface area contributed by atoms with Gasteiger partial charge in [0.05, 0.1) is 16.9 Å². The zero-order valence-corrected chi connectivity index (χ0v) is 16.1. The smallest absolute Gasteiger partial charge is 0.325 e. The lowest BCUT2D eigenvalue weighted by Crippen LogP contribution is -2.32. The number of hydrogen-bond acceptors (Lipinski definition) is 3. The standard InChI is InChI=1S/C18H24F3N3O2.ClH/c1-11(13-5-7-22-8-6-13)9-17(26)24-16-10-14(18(19,20)21)3-4-15(16)23-12(2)25;/h3-4,10-11,13,22H,5-9H2,1-2H3,(H,23,25)(H,24,26);1H. The van der Waals surface area contributed by atoms with E-state index in [-0.39, 0.29) is 42.0 Å². The molecule has 0 spiro atoms. The molecule has 0 aromatic heterocycles. The van der Waals surface area contributed by atoms with Crippen LogP contribution in [0.3, 0.4) is 0 Å². The summed E-state index contributed by atoms with van der Waals surface area (Å²) in [6, 6.07) is 2.87. The predicted octanol–water partition coefficient (Wildman–Crippen LogP) is 4.05. The van der Waals surface area contributed by atoms with Gasteiger partial charge in [0.25, 0.3) is 0 Å². The Hall–Kier alpha value is -1.80. The highest BCUT2D eigenvalue weighted by molar-refractivity contribution is 5.99. The van der Waals surface area contributed by atoms with Gasteiger partial charge in [0.15, 0.2) is 0 Å². The van der Waals surface area contributed by atoms with E-state index in [1.54, 1.807) is 0 Å². The number of rotatable bonds is 5. The summed E-state index contributed by atoms with van der Waals surface area (Å²) < 4.78 is 38.8. The van der Waals surface area contributed by atoms with Crippen molar-refractivity contribution in [2.24, 2.45) is 11.8 Å². The number of benzene rings is 1. The van der Waals surface area contributed by atoms with Gasteiger partial charge in [-0.2, -0.15) is 13.2 Å². The normalized spacial score (nSPS) is 16.2. The minimum Gasteiger partial charge on any atom is -0.325 e. The molecule has 152 valence electrons. The van der Waals surface area contributed by atoms with Crippen molar-refractivity contribution in [2.45, 2.75) is 39.3 Å². The molecule has 3 N–H and O–H groups in total. The van der Waals surface area contributed by atoms with Crippen molar-refractivity contribution < 1.29 is 22.8 Å². The Morgan fingerprint density at radius 2 is 1.81 bits per heavy atom. The van der Waals surface area contributed by atoms with Crippen LogP contribution in [0.25, 0.3) is 0 Å². The second-order valence-electron chi connectivity index (χ2n) is 6.76. The molecule has 1 atom stereocenters. The maximum atomic E-state index is 12.9. The summed E-state index contributed by atoms with van der Waals surface area (Å²) in [6.45, 7) is 5.06. The van der Waals surface area contributed by atoms with Crippen LogP contribution in [0.15, 0.2) is 18.2 Å². The molecular formula is C18H25ClF3N3O2. The fourth-order valence-corrected chi connectivity index (χ4v) is 3.20. The number of alkyl halides is 3. The number of anilines is 2. The number of halogens is 4. The molecule has 1 saturated heterocycles. The number of nitrogens with one attached hydrogen (secondary N) is 3. The monoisotopic (exact) mass is 407 g/mol. The molecule has 0 bridgehead atoms. The van der Waals surface area contributed by atoms with E-state index in [0.29, 0.717) is 5.92 Å². The Labute approximate surface area is 162 Å². The van der Waals surface area contributed by atoms with E-state index in [4.69, 9.17) is 0 Å². The molecule has 5 nitrogen and oxygen atoms in total. The van der Waals surface area contributed by atoms with Crippen molar-refractivity contribution >= 4 is 35.6 Å². The molecule has 2 amide bonds. The summed E-state index contributed by atoms with van der Waals surface area (Å²) >= 11 is 0. The zero-order valence-electron chi connectivity index (χ0n) is 15.3. The molecular weight excluding hydrogens is 383 g/mol. The Balaban J connectivity index is 0.00000364. The lowest BCUT2D eigenvalue weighted by Gasteiger charge is -2.28. The Morgan fingerprint density at radius 3 is 2.37 bits per heavy atom. The van der Waals surface area contributed by atoms with Crippen molar-refractivity contribution in [2.75, 3.05) is 23.7 Å². The topological polar surface area (TPSA) is 70.2 Å². The molecule has 0 aliphatic carbocycles. The molecule has 9 heteroatoms. The first-order valence-corrected chi connectivity index (χ1v) is 8.66. The molecule has 1 fully saturated rings. The average Bonchev–Trinajstić information content (AvgIpc) is 2.55. The van der Waals surface area contributed by atoms with Gasteiger partial charge in [0.1, 0.15) is 0 Å². The molecule has 0 saturated carbocycles. The van der Waals surface area contributed by atoms with E-state index in [9.17, 15) is 22.8 Å². The van der Waals surface area contributed by atoms with Crippen LogP contribution in [-0.4, -0.2) is 24.9 Å². The molecule has 1 unspecified atom stereocenters. The van der Waals surface area contributed by atoms with Gasteiger partial charge in [0, 0.05) is 13.3 Å². The largest absolute Gasteiger partial charge is 0.416 e. The van der Waals surface area contributed by atoms with Gasteiger partial charge in [-0.05, 0) is 56.0 Å². The molecule has 2 rings (SSSR count). The molecule has 0 radical (unpaired) electrons. The highest BCUT2D eigenvalue weighted by atomic mass is 35.5. The Bertz CT molecular complexity index is 662. The van der Waals surface area contributed by atoms with E-state index in [2.05, 4.69) is 16.0 Å². The summed E-state index contributed by atoms with van der Waals surface area (Å²) in [5, 5.41) is 8.24. The zero-order chi connectivity index (χ0) is 19.3. The summed E-state index contributed by atoms with van der Waals surface area (Å²) in [5.74, 6) is -0.240. The number of amides is 2. The molecule has 1 aliphatic heterocycles. The summed E-state index contributed by atoms with van der Waals surface area (Å²) in [6.07, 6.45) is -2.35. The fourth-order valence-electron chi connectivity index (χ4n) is 3.20. The second kappa shape index (κ2) is 9.94. The van der Waals surface area contributed by atoms with Crippen LogP contribution in [0, 0.1) is 11.8 Å². The van der Waals surface area contributed by atoms with Crippen molar-refractivity contribution in [3.8, 4) is 0 Å². The van der Waals surface area contributed by atoms with Crippen molar-refractivity contribution in [1.82, 2.24) is 5.32 Å². The number of carbonyl (C=O) groups excluding carboxylic acids is 2. The number of piperidine rings is 1. The third kappa shape index (κ3) is 7.03. The summed E-state index contributed by atoms with van der Waals surface area (Å²) in [7, 11) is 0. The van der Waals surface area contributed by atoms with Gasteiger partial charge in [0.2, 0.25) is 11.8 Å². The van der Waals surface area contributed by atoms with Crippen LogP contribution in [0.2, 0.25) is 0 Å². The van der Waals surface area contributed by atoms with Crippen molar-refractivity contribution in [1.29, 1.82) is 0 Å². The van der Waals surface area contributed by atoms with E-state index in [0.717, 1.165) is 44.1 Å². The van der Waals surface area contributed by atoms with E-state index in [1.165, 1.54) is 6.92 Å². The predicted molar refractivity (Wildman–Crippen MR) is 101 cm³/mol. The first-order chi connectivity index (χ1) is 12.2. The highest BCUT2D eigenvalue weighted by Crippen LogP contribution is 2.34. The lowest BCUT2D eigenvalue weighted by molar-refractivity contribution is -0.137. The lowest BCUT2D eigenvalue weighted by atomic mass is 9.84. The van der Waals surface area contributed by atoms with Crippen LogP contribution >= 0.6 is 12.4 Å². The summed E-state index contributed by atoms with van der Waals surface area (Å²) in [4.78, 5) is 23.6. The van der Waals surface area contributed by atoms with Crippen LogP contribution in [0.5, 0.6) is 0 Å². The van der Waals surface area contributed by atoms with Crippen LogP contribution in [-0.2, 0) is 15.8 Å². The quantitative estimate of drug-likeness (QED) is 0.689. The van der Waals surface area contributed by atoms with E-state index >= 15 is 0 Å². The van der Waals surface area contributed by atoms with Gasteiger partial charge >= 0.3 is 6.18 Å². The maximum Gasteiger partial charge on any atom is 0.416 e. The third-order valence-electron chi connectivity index (χ3n) is 4.63. The molecule has 1 heterocycles. The third-order valence-corrected chi connectivity index (χ3v) is 4.63. The highest BCUT2D eigenvalue weighted by Gasteiger charge is 2.31. The molecule has 27 heavy (non-hydrogen) atoms. The molecule has 1 aromatic carbocycles. The Morgan fingerprint density at radius 1 is 1.19 bits per heavy atom. The molecule has 1 aromatic rings. The minimum absolute atomic E-state index is 0. The van der Waals surface area contributed by atoms with Gasteiger partial charge < -0.3 is 16.0 Å².